The van der Waals surface area contributed by atoms with Crippen LogP contribution in [-0.4, -0.2) is 31.7 Å². The molecule has 1 aliphatic carbocycles. The smallest absolute Gasteiger partial charge is 0.229 e. The summed E-state index contributed by atoms with van der Waals surface area (Å²) in [6.07, 6.45) is 7.90. The van der Waals surface area contributed by atoms with E-state index in [0.717, 1.165) is 23.8 Å². The van der Waals surface area contributed by atoms with Crippen LogP contribution in [0.4, 0.5) is 5.69 Å². The Balaban J connectivity index is 1.69. The van der Waals surface area contributed by atoms with E-state index in [-0.39, 0.29) is 16.9 Å². The topological polar surface area (TPSA) is 76.9 Å². The van der Waals surface area contributed by atoms with Crippen molar-refractivity contribution in [1.29, 1.82) is 0 Å². The van der Waals surface area contributed by atoms with Gasteiger partial charge in [0.05, 0.1) is 5.25 Å². The number of hydrogen-bond acceptors (Lipinski definition) is 5. The number of carbonyl (C=O) groups is 2. The minimum atomic E-state index is -0.475. The Labute approximate surface area is 195 Å². The van der Waals surface area contributed by atoms with Gasteiger partial charge in [-0.25, -0.2) is 0 Å². The second-order valence-electron chi connectivity index (χ2n) is 9.48. The fourth-order valence-electron chi connectivity index (χ4n) is 3.83. The Morgan fingerprint density at radius 1 is 1.19 bits per heavy atom. The Kier molecular flexibility index (Phi) is 7.93. The summed E-state index contributed by atoms with van der Waals surface area (Å²) in [6.45, 7) is 12.0. The van der Waals surface area contributed by atoms with E-state index in [4.69, 9.17) is 0 Å². The van der Waals surface area contributed by atoms with Crippen LogP contribution in [0.5, 0.6) is 0 Å². The van der Waals surface area contributed by atoms with E-state index in [1.54, 1.807) is 24.3 Å². The summed E-state index contributed by atoms with van der Waals surface area (Å²) >= 11 is 1.44. The van der Waals surface area contributed by atoms with E-state index in [2.05, 4.69) is 26.7 Å². The van der Waals surface area contributed by atoms with Crippen molar-refractivity contribution in [2.45, 2.75) is 82.7 Å². The summed E-state index contributed by atoms with van der Waals surface area (Å²) in [5, 5.41) is 12.3. The lowest BCUT2D eigenvalue weighted by Gasteiger charge is -2.21. The fraction of sp³-hybridized carbons (Fsp3) is 0.520. The molecule has 0 radical (unpaired) electrons. The number of allylic oxidation sites excluding steroid dienone is 1. The highest BCUT2D eigenvalue weighted by atomic mass is 32.2. The van der Waals surface area contributed by atoms with Crippen molar-refractivity contribution in [3.8, 4) is 0 Å². The van der Waals surface area contributed by atoms with E-state index in [0.29, 0.717) is 23.7 Å². The quantitative estimate of drug-likeness (QED) is 0.307. The van der Waals surface area contributed by atoms with Crippen LogP contribution >= 0.6 is 11.8 Å². The predicted octanol–water partition coefficient (Wildman–Crippen LogP) is 5.86. The van der Waals surface area contributed by atoms with Crippen molar-refractivity contribution in [3.05, 3.63) is 48.3 Å². The monoisotopic (exact) mass is 454 g/mol. The van der Waals surface area contributed by atoms with Crippen LogP contribution in [0.3, 0.4) is 0 Å². The van der Waals surface area contributed by atoms with Gasteiger partial charge in [-0.2, -0.15) is 0 Å². The lowest BCUT2D eigenvalue weighted by Crippen LogP contribution is -2.27. The molecule has 2 aromatic rings. The van der Waals surface area contributed by atoms with Crippen molar-refractivity contribution >= 4 is 29.1 Å². The van der Waals surface area contributed by atoms with Crippen LogP contribution in [0.15, 0.2) is 42.1 Å². The molecular formula is C25H34N4O2S. The van der Waals surface area contributed by atoms with Crippen molar-refractivity contribution in [3.63, 3.8) is 0 Å². The molecule has 1 heterocycles. The van der Waals surface area contributed by atoms with Gasteiger partial charge in [-0.1, -0.05) is 57.9 Å². The van der Waals surface area contributed by atoms with Gasteiger partial charge in [0.1, 0.15) is 5.82 Å². The second kappa shape index (κ2) is 10.5. The lowest BCUT2D eigenvalue weighted by atomic mass is 9.89. The first kappa shape index (κ1) is 24.2. The molecule has 0 unspecified atom stereocenters. The third-order valence-electron chi connectivity index (χ3n) is 5.79. The van der Waals surface area contributed by atoms with Gasteiger partial charge in [0.15, 0.2) is 10.9 Å². The minimum absolute atomic E-state index is 0.0241. The number of ketones is 1. The zero-order valence-electron chi connectivity index (χ0n) is 19.6. The maximum atomic E-state index is 13.0. The summed E-state index contributed by atoms with van der Waals surface area (Å²) < 4.78 is 2.11. The summed E-state index contributed by atoms with van der Waals surface area (Å²) in [7, 11) is 0. The first-order valence-corrected chi connectivity index (χ1v) is 12.2. The molecule has 0 saturated heterocycles. The summed E-state index contributed by atoms with van der Waals surface area (Å²) in [4.78, 5) is 25.2. The molecule has 1 atom stereocenters. The van der Waals surface area contributed by atoms with Crippen LogP contribution in [0, 0.1) is 5.41 Å². The van der Waals surface area contributed by atoms with Gasteiger partial charge < -0.3 is 9.88 Å². The van der Waals surface area contributed by atoms with E-state index < -0.39 is 5.41 Å². The van der Waals surface area contributed by atoms with Gasteiger partial charge in [0.2, 0.25) is 5.91 Å². The average Bonchev–Trinajstić information content (AvgIpc) is 3.16. The van der Waals surface area contributed by atoms with E-state index in [1.165, 1.54) is 31.0 Å². The molecule has 0 spiro atoms. The van der Waals surface area contributed by atoms with Crippen molar-refractivity contribution in [2.24, 2.45) is 5.41 Å². The molecule has 172 valence electrons. The third kappa shape index (κ3) is 5.88. The maximum absolute atomic E-state index is 13.0. The summed E-state index contributed by atoms with van der Waals surface area (Å²) in [5.41, 5.74) is 0.822. The number of hydrogen-bond donors (Lipinski definition) is 1. The predicted molar refractivity (Wildman–Crippen MR) is 130 cm³/mol. The highest BCUT2D eigenvalue weighted by Gasteiger charge is 2.26. The fourth-order valence-corrected chi connectivity index (χ4v) is 4.78. The summed E-state index contributed by atoms with van der Waals surface area (Å²) in [6, 6.07) is 7.07. The average molecular weight is 455 g/mol. The molecule has 0 aliphatic heterocycles. The Morgan fingerprint density at radius 3 is 2.44 bits per heavy atom. The molecule has 1 fully saturated rings. The Hall–Kier alpha value is -2.41. The first-order chi connectivity index (χ1) is 15.2. The van der Waals surface area contributed by atoms with Gasteiger partial charge in [0.25, 0.3) is 0 Å². The van der Waals surface area contributed by atoms with Crippen LogP contribution in [0.25, 0.3) is 0 Å². The largest absolute Gasteiger partial charge is 0.326 e. The third-order valence-corrected chi connectivity index (χ3v) is 6.87. The molecular weight excluding hydrogens is 420 g/mol. The maximum Gasteiger partial charge on any atom is 0.229 e. The number of carbonyl (C=O) groups excluding carboxylic acids is 2. The lowest BCUT2D eigenvalue weighted by molar-refractivity contribution is -0.123. The minimum Gasteiger partial charge on any atom is -0.326 e. The normalized spacial score (nSPS) is 15.9. The SMILES string of the molecule is C=CCn1c(S[C@H](C)C(=O)c2ccc(NC(=O)C(C)(C)C)cc2)nnc1C1CCCCC1. The number of amides is 1. The Morgan fingerprint density at radius 2 is 1.84 bits per heavy atom. The molecule has 0 bridgehead atoms. The van der Waals surface area contributed by atoms with E-state index >= 15 is 0 Å². The van der Waals surface area contributed by atoms with Gasteiger partial charge in [-0.05, 0) is 44.0 Å². The number of benzene rings is 1. The number of rotatable bonds is 8. The molecule has 1 aromatic heterocycles. The molecule has 1 aromatic carbocycles. The number of thioether (sulfide) groups is 1. The van der Waals surface area contributed by atoms with Gasteiger partial charge in [-0.3, -0.25) is 9.59 Å². The van der Waals surface area contributed by atoms with Crippen LogP contribution in [0.2, 0.25) is 0 Å². The standard InChI is InChI=1S/C25H34N4O2S/c1-6-16-29-22(19-10-8-7-9-11-19)27-28-24(29)32-17(2)21(30)18-12-14-20(15-13-18)26-23(31)25(3,4)5/h6,12-15,17,19H,1,7-11,16H2,2-5H3,(H,26,31)/t17-/m1/s1. The highest BCUT2D eigenvalue weighted by Crippen LogP contribution is 2.34. The van der Waals surface area contributed by atoms with Crippen molar-refractivity contribution in [2.75, 3.05) is 5.32 Å². The summed E-state index contributed by atoms with van der Waals surface area (Å²) in [5.74, 6) is 1.42. The number of nitrogens with one attached hydrogen (secondary N) is 1. The number of anilines is 1. The number of Topliss-reactive ketones (excluding diaryl/α,β-unsaturated/α-hetero) is 1. The molecule has 1 N–H and O–H groups in total. The second-order valence-corrected chi connectivity index (χ2v) is 10.8. The van der Waals surface area contributed by atoms with Crippen LogP contribution in [0.1, 0.15) is 81.9 Å². The molecule has 3 rings (SSSR count). The molecule has 1 amide bonds. The zero-order valence-corrected chi connectivity index (χ0v) is 20.4. The molecule has 6 nitrogen and oxygen atoms in total. The zero-order chi connectivity index (χ0) is 23.3. The number of aromatic nitrogens is 3. The first-order valence-electron chi connectivity index (χ1n) is 11.4. The highest BCUT2D eigenvalue weighted by molar-refractivity contribution is 8.00. The van der Waals surface area contributed by atoms with Gasteiger partial charge in [0, 0.05) is 29.1 Å². The van der Waals surface area contributed by atoms with E-state index in [1.807, 2.05) is 33.8 Å². The molecule has 32 heavy (non-hydrogen) atoms. The number of nitrogens with zero attached hydrogens (tertiary/aromatic N) is 3. The van der Waals surface area contributed by atoms with Crippen molar-refractivity contribution in [1.82, 2.24) is 14.8 Å². The molecule has 7 heteroatoms. The van der Waals surface area contributed by atoms with Crippen molar-refractivity contribution < 1.29 is 9.59 Å². The van der Waals surface area contributed by atoms with Gasteiger partial charge >= 0.3 is 0 Å². The van der Waals surface area contributed by atoms with Crippen LogP contribution in [-0.2, 0) is 11.3 Å². The van der Waals surface area contributed by atoms with Gasteiger partial charge in [-0.15, -0.1) is 16.8 Å². The van der Waals surface area contributed by atoms with Crippen LogP contribution < -0.4 is 5.32 Å². The molecule has 1 saturated carbocycles. The molecule has 1 aliphatic rings. The Bertz CT molecular complexity index is 953. The van der Waals surface area contributed by atoms with E-state index in [9.17, 15) is 9.59 Å².